The van der Waals surface area contributed by atoms with Gasteiger partial charge in [-0.15, -0.1) is 0 Å². The van der Waals surface area contributed by atoms with Crippen LogP contribution in [0, 0.1) is 11.3 Å². The molecule has 0 aromatic heterocycles. The van der Waals surface area contributed by atoms with E-state index >= 15 is 0 Å². The van der Waals surface area contributed by atoms with E-state index in [-0.39, 0.29) is 29.7 Å². The number of piperidine rings is 1. The summed E-state index contributed by atoms with van der Waals surface area (Å²) in [5, 5.41) is 6.24. The van der Waals surface area contributed by atoms with Crippen molar-refractivity contribution in [2.75, 3.05) is 26.2 Å². The molecule has 2 aliphatic heterocycles. The number of benzene rings is 1. The van der Waals surface area contributed by atoms with E-state index < -0.39 is 0 Å². The van der Waals surface area contributed by atoms with Crippen LogP contribution in [0.3, 0.4) is 0 Å². The summed E-state index contributed by atoms with van der Waals surface area (Å²) in [6.07, 6.45) is 4.06. The summed E-state index contributed by atoms with van der Waals surface area (Å²) >= 11 is 0. The highest BCUT2D eigenvalue weighted by molar-refractivity contribution is 5.88. The maximum atomic E-state index is 12.4. The van der Waals surface area contributed by atoms with Gasteiger partial charge in [0.05, 0.1) is 6.54 Å². The van der Waals surface area contributed by atoms with Gasteiger partial charge in [0.1, 0.15) is 0 Å². The van der Waals surface area contributed by atoms with Gasteiger partial charge in [-0.3, -0.25) is 9.59 Å². The Balaban J connectivity index is 1.28. The first-order valence-electron chi connectivity index (χ1n) is 9.01. The van der Waals surface area contributed by atoms with Gasteiger partial charge in [-0.2, -0.15) is 0 Å². The fraction of sp³-hybridized carbons (Fsp3) is 0.579. The number of hydrogen-bond acceptors (Lipinski definition) is 3. The first-order valence-corrected chi connectivity index (χ1v) is 9.01. The standard InChI is InChI=1S/C19H25N3O2/c23-17(22-10-5-14-3-1-2-4-15(14)13-22)12-21-18(24)16-11-19(16)6-8-20-9-7-19/h1-4,16,20H,5-13H2,(H,21,24). The van der Waals surface area contributed by atoms with Crippen LogP contribution < -0.4 is 10.6 Å². The maximum absolute atomic E-state index is 12.4. The lowest BCUT2D eigenvalue weighted by molar-refractivity contribution is -0.134. The zero-order valence-corrected chi connectivity index (χ0v) is 14.0. The number of carbonyl (C=O) groups excluding carboxylic acids is 2. The van der Waals surface area contributed by atoms with Gasteiger partial charge in [-0.1, -0.05) is 24.3 Å². The number of fused-ring (bicyclic) bond motifs is 1. The Morgan fingerprint density at radius 1 is 1.21 bits per heavy atom. The molecule has 3 aliphatic rings. The van der Waals surface area contributed by atoms with Crippen LogP contribution in [0.2, 0.25) is 0 Å². The van der Waals surface area contributed by atoms with E-state index in [1.165, 1.54) is 11.1 Å². The zero-order valence-electron chi connectivity index (χ0n) is 14.0. The molecule has 0 radical (unpaired) electrons. The molecule has 1 atom stereocenters. The fourth-order valence-corrected chi connectivity index (χ4v) is 4.30. The van der Waals surface area contributed by atoms with Crippen molar-refractivity contribution in [1.82, 2.24) is 15.5 Å². The van der Waals surface area contributed by atoms with Crippen LogP contribution >= 0.6 is 0 Å². The number of nitrogens with zero attached hydrogens (tertiary/aromatic N) is 1. The van der Waals surface area contributed by atoms with Crippen molar-refractivity contribution >= 4 is 11.8 Å². The summed E-state index contributed by atoms with van der Waals surface area (Å²) in [6, 6.07) is 8.27. The van der Waals surface area contributed by atoms with Gasteiger partial charge in [0.15, 0.2) is 0 Å². The smallest absolute Gasteiger partial charge is 0.242 e. The van der Waals surface area contributed by atoms with Crippen molar-refractivity contribution in [2.45, 2.75) is 32.2 Å². The minimum absolute atomic E-state index is 0.0258. The van der Waals surface area contributed by atoms with Crippen molar-refractivity contribution in [3.8, 4) is 0 Å². The molecule has 1 spiro atoms. The molecule has 24 heavy (non-hydrogen) atoms. The van der Waals surface area contributed by atoms with Crippen molar-refractivity contribution in [2.24, 2.45) is 11.3 Å². The van der Waals surface area contributed by atoms with E-state index in [0.29, 0.717) is 6.54 Å². The highest BCUT2D eigenvalue weighted by Gasteiger charge is 2.57. The van der Waals surface area contributed by atoms with Gasteiger partial charge in [0, 0.05) is 19.0 Å². The molecule has 128 valence electrons. The monoisotopic (exact) mass is 327 g/mol. The molecule has 1 saturated heterocycles. The van der Waals surface area contributed by atoms with Crippen LogP contribution in [0.25, 0.3) is 0 Å². The van der Waals surface area contributed by atoms with Crippen LogP contribution in [0.4, 0.5) is 0 Å². The molecule has 5 heteroatoms. The highest BCUT2D eigenvalue weighted by atomic mass is 16.2. The van der Waals surface area contributed by atoms with Crippen LogP contribution in [0.15, 0.2) is 24.3 Å². The molecule has 1 unspecified atom stereocenters. The molecular formula is C19H25N3O2. The fourth-order valence-electron chi connectivity index (χ4n) is 4.30. The molecule has 4 rings (SSSR count). The van der Waals surface area contributed by atoms with Crippen LogP contribution in [0.1, 0.15) is 30.4 Å². The number of rotatable bonds is 3. The van der Waals surface area contributed by atoms with Crippen LogP contribution in [-0.4, -0.2) is 42.9 Å². The summed E-state index contributed by atoms with van der Waals surface area (Å²) in [7, 11) is 0. The Morgan fingerprint density at radius 3 is 2.75 bits per heavy atom. The minimum atomic E-state index is 0.0258. The highest BCUT2D eigenvalue weighted by Crippen LogP contribution is 2.58. The largest absolute Gasteiger partial charge is 0.347 e. The number of nitrogens with one attached hydrogen (secondary N) is 2. The average molecular weight is 327 g/mol. The molecule has 1 aromatic rings. The topological polar surface area (TPSA) is 61.4 Å². The lowest BCUT2D eigenvalue weighted by Crippen LogP contribution is -2.43. The normalized spacial score (nSPS) is 24.3. The lowest BCUT2D eigenvalue weighted by Gasteiger charge is -2.29. The molecule has 0 bridgehead atoms. The second-order valence-corrected chi connectivity index (χ2v) is 7.42. The third-order valence-corrected chi connectivity index (χ3v) is 6.00. The second kappa shape index (κ2) is 6.20. The zero-order chi connectivity index (χ0) is 16.6. The van der Waals surface area contributed by atoms with Crippen LogP contribution in [-0.2, 0) is 22.6 Å². The summed E-state index contributed by atoms with van der Waals surface area (Å²) in [5.41, 5.74) is 2.78. The predicted octanol–water partition coefficient (Wildman–Crippen LogP) is 1.08. The first-order chi connectivity index (χ1) is 11.7. The van der Waals surface area contributed by atoms with Gasteiger partial charge in [0.25, 0.3) is 0 Å². The summed E-state index contributed by atoms with van der Waals surface area (Å²) < 4.78 is 0. The lowest BCUT2D eigenvalue weighted by atomic mass is 9.92. The van der Waals surface area contributed by atoms with E-state index in [9.17, 15) is 9.59 Å². The quantitative estimate of drug-likeness (QED) is 0.873. The van der Waals surface area contributed by atoms with Gasteiger partial charge < -0.3 is 15.5 Å². The number of carbonyl (C=O) groups is 2. The molecule has 2 heterocycles. The molecule has 1 aliphatic carbocycles. The first kappa shape index (κ1) is 15.6. The number of amides is 2. The van der Waals surface area contributed by atoms with Crippen molar-refractivity contribution in [3.05, 3.63) is 35.4 Å². The Labute approximate surface area is 142 Å². The summed E-state index contributed by atoms with van der Waals surface area (Å²) in [5.74, 6) is 0.218. The molecular weight excluding hydrogens is 302 g/mol. The molecule has 2 fully saturated rings. The van der Waals surface area contributed by atoms with Crippen molar-refractivity contribution < 1.29 is 9.59 Å². The van der Waals surface area contributed by atoms with Gasteiger partial charge >= 0.3 is 0 Å². The summed E-state index contributed by atoms with van der Waals surface area (Å²) in [4.78, 5) is 26.6. The van der Waals surface area contributed by atoms with E-state index in [1.54, 1.807) is 0 Å². The van der Waals surface area contributed by atoms with Crippen molar-refractivity contribution in [3.63, 3.8) is 0 Å². The maximum Gasteiger partial charge on any atom is 0.242 e. The molecule has 2 N–H and O–H groups in total. The van der Waals surface area contributed by atoms with E-state index in [2.05, 4.69) is 22.8 Å². The third-order valence-electron chi connectivity index (χ3n) is 6.00. The van der Waals surface area contributed by atoms with Gasteiger partial charge in [-0.05, 0) is 55.3 Å². The summed E-state index contributed by atoms with van der Waals surface area (Å²) in [6.45, 7) is 3.55. The molecule has 2 amide bonds. The van der Waals surface area contributed by atoms with Gasteiger partial charge in [-0.25, -0.2) is 0 Å². The SMILES string of the molecule is O=C(NCC(=O)N1CCc2ccccc2C1)C1CC12CCNCC2. The third kappa shape index (κ3) is 2.93. The molecule has 5 nitrogen and oxygen atoms in total. The molecule has 1 aromatic carbocycles. The van der Waals surface area contributed by atoms with E-state index in [0.717, 1.165) is 45.3 Å². The van der Waals surface area contributed by atoms with Crippen LogP contribution in [0.5, 0.6) is 0 Å². The minimum Gasteiger partial charge on any atom is -0.347 e. The van der Waals surface area contributed by atoms with Gasteiger partial charge in [0.2, 0.25) is 11.8 Å². The predicted molar refractivity (Wildman–Crippen MR) is 91.2 cm³/mol. The Morgan fingerprint density at radius 2 is 1.96 bits per heavy atom. The number of hydrogen-bond donors (Lipinski definition) is 2. The van der Waals surface area contributed by atoms with E-state index in [4.69, 9.17) is 0 Å². The van der Waals surface area contributed by atoms with Crippen molar-refractivity contribution in [1.29, 1.82) is 0 Å². The second-order valence-electron chi connectivity index (χ2n) is 7.42. The Kier molecular flexibility index (Phi) is 4.04. The Hall–Kier alpha value is -1.88. The van der Waals surface area contributed by atoms with E-state index in [1.807, 2.05) is 17.0 Å². The molecule has 1 saturated carbocycles. The average Bonchev–Trinajstić information content (AvgIpc) is 3.32. The Bertz CT molecular complexity index is 652.